The van der Waals surface area contributed by atoms with E-state index in [2.05, 4.69) is 31.1 Å². The molecule has 21 heavy (non-hydrogen) atoms. The van der Waals surface area contributed by atoms with Gasteiger partial charge in [0.2, 0.25) is 0 Å². The van der Waals surface area contributed by atoms with Crippen LogP contribution in [0.1, 0.15) is 0 Å². The number of hydrogen-bond acceptors (Lipinski definition) is 5. The SMILES string of the molecule is NNc1ncc(Br)cc1S(=O)(=O)Nc1ccc(Cl)cc1F. The monoisotopic (exact) mass is 394 g/mol. The van der Waals surface area contributed by atoms with E-state index in [1.165, 1.54) is 24.4 Å². The fraction of sp³-hybridized carbons (Fsp3) is 0. The van der Waals surface area contributed by atoms with Crippen LogP contribution >= 0.6 is 27.5 Å². The molecule has 0 spiro atoms. The highest BCUT2D eigenvalue weighted by molar-refractivity contribution is 9.10. The van der Waals surface area contributed by atoms with E-state index in [1.54, 1.807) is 0 Å². The minimum atomic E-state index is -4.08. The number of nitrogens with two attached hydrogens (primary N) is 1. The van der Waals surface area contributed by atoms with Gasteiger partial charge in [0.25, 0.3) is 10.0 Å². The Morgan fingerprint density at radius 1 is 1.33 bits per heavy atom. The maximum atomic E-state index is 13.7. The Hall–Kier alpha value is -1.42. The predicted molar refractivity (Wildman–Crippen MR) is 82.0 cm³/mol. The van der Waals surface area contributed by atoms with E-state index < -0.39 is 15.8 Å². The number of anilines is 2. The molecule has 0 radical (unpaired) electrons. The summed E-state index contributed by atoms with van der Waals surface area (Å²) in [6, 6.07) is 4.87. The Balaban J connectivity index is 2.45. The first kappa shape index (κ1) is 16.0. The van der Waals surface area contributed by atoms with E-state index in [-0.39, 0.29) is 21.4 Å². The molecule has 0 unspecified atom stereocenters. The molecule has 1 aromatic heterocycles. The largest absolute Gasteiger partial charge is 0.307 e. The number of aromatic nitrogens is 1. The second-order valence-corrected chi connectivity index (χ2v) is 6.88. The van der Waals surface area contributed by atoms with Crippen LogP contribution in [-0.4, -0.2) is 13.4 Å². The summed E-state index contributed by atoms with van der Waals surface area (Å²) in [6.07, 6.45) is 1.37. The van der Waals surface area contributed by atoms with Crippen molar-refractivity contribution in [1.29, 1.82) is 0 Å². The minimum Gasteiger partial charge on any atom is -0.307 e. The molecule has 0 amide bonds. The highest BCUT2D eigenvalue weighted by Crippen LogP contribution is 2.26. The minimum absolute atomic E-state index is 0.0694. The third-order valence-electron chi connectivity index (χ3n) is 2.42. The molecule has 4 N–H and O–H groups in total. The summed E-state index contributed by atoms with van der Waals surface area (Å²) < 4.78 is 40.8. The first-order valence-electron chi connectivity index (χ1n) is 5.43. The zero-order chi connectivity index (χ0) is 15.6. The fourth-order valence-electron chi connectivity index (χ4n) is 1.51. The van der Waals surface area contributed by atoms with Crippen molar-refractivity contribution in [3.05, 3.63) is 45.8 Å². The lowest BCUT2D eigenvalue weighted by Gasteiger charge is -2.12. The van der Waals surface area contributed by atoms with Crippen LogP contribution in [-0.2, 0) is 10.0 Å². The molecule has 112 valence electrons. The van der Waals surface area contributed by atoms with Gasteiger partial charge < -0.3 is 5.43 Å². The molecule has 0 saturated heterocycles. The number of nitrogens with one attached hydrogen (secondary N) is 2. The maximum Gasteiger partial charge on any atom is 0.265 e. The molecule has 0 aliphatic carbocycles. The highest BCUT2D eigenvalue weighted by atomic mass is 79.9. The lowest BCUT2D eigenvalue weighted by Crippen LogP contribution is -2.19. The lowest BCUT2D eigenvalue weighted by atomic mass is 10.3. The Bertz CT molecular complexity index is 788. The molecule has 0 bridgehead atoms. The van der Waals surface area contributed by atoms with E-state index in [0.717, 1.165) is 6.07 Å². The first-order chi connectivity index (χ1) is 9.83. The van der Waals surface area contributed by atoms with E-state index in [4.69, 9.17) is 17.4 Å². The van der Waals surface area contributed by atoms with Gasteiger partial charge in [0, 0.05) is 15.7 Å². The summed E-state index contributed by atoms with van der Waals surface area (Å²) in [6.45, 7) is 0. The summed E-state index contributed by atoms with van der Waals surface area (Å²) in [4.78, 5) is 3.60. The number of rotatable bonds is 4. The summed E-state index contributed by atoms with van der Waals surface area (Å²) >= 11 is 8.73. The number of pyridine rings is 1. The van der Waals surface area contributed by atoms with Crippen molar-refractivity contribution >= 4 is 49.1 Å². The first-order valence-corrected chi connectivity index (χ1v) is 8.09. The molecule has 0 fully saturated rings. The standard InChI is InChI=1S/C11H9BrClFN4O2S/c12-6-3-10(11(17-15)16-5-6)21(19,20)18-9-2-1-7(13)4-8(9)14/h1-5,18H,15H2,(H,16,17). The third kappa shape index (κ3) is 3.62. The summed E-state index contributed by atoms with van der Waals surface area (Å²) in [5.74, 6) is 4.36. The Morgan fingerprint density at radius 2 is 2.05 bits per heavy atom. The van der Waals surface area contributed by atoms with Crippen LogP contribution in [0.15, 0.2) is 39.8 Å². The second kappa shape index (κ2) is 6.14. The second-order valence-electron chi connectivity index (χ2n) is 3.87. The van der Waals surface area contributed by atoms with E-state index in [1.807, 2.05) is 0 Å². The summed E-state index contributed by atoms with van der Waals surface area (Å²) in [7, 11) is -4.08. The number of benzene rings is 1. The Kier molecular flexibility index (Phi) is 4.67. The van der Waals surface area contributed by atoms with E-state index in [9.17, 15) is 12.8 Å². The van der Waals surface area contributed by atoms with Crippen LogP contribution in [0.4, 0.5) is 15.9 Å². The number of hydrazine groups is 1. The average molecular weight is 396 g/mol. The van der Waals surface area contributed by atoms with Gasteiger partial charge in [-0.2, -0.15) is 0 Å². The van der Waals surface area contributed by atoms with Gasteiger partial charge in [-0.15, -0.1) is 0 Å². The van der Waals surface area contributed by atoms with Crippen molar-refractivity contribution in [2.24, 2.45) is 5.84 Å². The maximum absolute atomic E-state index is 13.7. The fourth-order valence-corrected chi connectivity index (χ4v) is 3.36. The Morgan fingerprint density at radius 3 is 2.67 bits per heavy atom. The molecule has 1 heterocycles. The molecule has 10 heteroatoms. The number of nitrogen functional groups attached to an aromatic ring is 1. The van der Waals surface area contributed by atoms with Crippen molar-refractivity contribution in [2.45, 2.75) is 4.90 Å². The molecular formula is C11H9BrClFN4O2S. The molecule has 2 rings (SSSR count). The molecule has 1 aromatic carbocycles. The van der Waals surface area contributed by atoms with E-state index in [0.29, 0.717) is 4.47 Å². The molecule has 0 atom stereocenters. The Labute approximate surface area is 133 Å². The molecule has 0 aliphatic heterocycles. The van der Waals surface area contributed by atoms with Crippen LogP contribution < -0.4 is 16.0 Å². The van der Waals surface area contributed by atoms with Gasteiger partial charge in [-0.25, -0.2) is 23.6 Å². The summed E-state index contributed by atoms with van der Waals surface area (Å²) in [5.41, 5.74) is 1.94. The zero-order valence-electron chi connectivity index (χ0n) is 10.3. The smallest absolute Gasteiger partial charge is 0.265 e. The molecule has 0 aliphatic rings. The van der Waals surface area contributed by atoms with Gasteiger partial charge in [0.15, 0.2) is 5.82 Å². The topological polar surface area (TPSA) is 97.1 Å². The van der Waals surface area contributed by atoms with Crippen LogP contribution in [0.25, 0.3) is 0 Å². The molecule has 6 nitrogen and oxygen atoms in total. The van der Waals surface area contributed by atoms with Gasteiger partial charge >= 0.3 is 0 Å². The van der Waals surface area contributed by atoms with Gasteiger partial charge in [0.05, 0.1) is 5.69 Å². The van der Waals surface area contributed by atoms with Gasteiger partial charge in [-0.3, -0.25) is 4.72 Å². The van der Waals surface area contributed by atoms with Gasteiger partial charge in [-0.1, -0.05) is 11.6 Å². The van der Waals surface area contributed by atoms with Crippen LogP contribution in [0.5, 0.6) is 0 Å². The van der Waals surface area contributed by atoms with Gasteiger partial charge in [-0.05, 0) is 40.2 Å². The third-order valence-corrected chi connectivity index (χ3v) is 4.47. The quantitative estimate of drug-likeness (QED) is 0.546. The van der Waals surface area contributed by atoms with Crippen LogP contribution in [0.2, 0.25) is 5.02 Å². The zero-order valence-corrected chi connectivity index (χ0v) is 13.4. The van der Waals surface area contributed by atoms with Crippen molar-refractivity contribution < 1.29 is 12.8 Å². The van der Waals surface area contributed by atoms with E-state index >= 15 is 0 Å². The molecule has 0 saturated carbocycles. The average Bonchev–Trinajstić information content (AvgIpc) is 2.42. The number of sulfonamides is 1. The van der Waals surface area contributed by atoms with Crippen LogP contribution in [0.3, 0.4) is 0 Å². The van der Waals surface area contributed by atoms with Crippen molar-refractivity contribution in [1.82, 2.24) is 4.98 Å². The van der Waals surface area contributed by atoms with Crippen molar-refractivity contribution in [3.8, 4) is 0 Å². The normalized spacial score (nSPS) is 11.2. The predicted octanol–water partition coefficient (Wildman–Crippen LogP) is 2.72. The molecular weight excluding hydrogens is 387 g/mol. The highest BCUT2D eigenvalue weighted by Gasteiger charge is 2.21. The number of halogens is 3. The molecule has 2 aromatic rings. The lowest BCUT2D eigenvalue weighted by molar-refractivity contribution is 0.598. The van der Waals surface area contributed by atoms with Crippen molar-refractivity contribution in [3.63, 3.8) is 0 Å². The van der Waals surface area contributed by atoms with Crippen molar-refractivity contribution in [2.75, 3.05) is 10.1 Å². The number of hydrogen-bond donors (Lipinski definition) is 3. The van der Waals surface area contributed by atoms with Crippen LogP contribution in [0, 0.1) is 5.82 Å². The van der Waals surface area contributed by atoms with Gasteiger partial charge in [0.1, 0.15) is 10.7 Å². The number of nitrogens with zero attached hydrogens (tertiary/aromatic N) is 1. The summed E-state index contributed by atoms with van der Waals surface area (Å²) in [5, 5.41) is 0.156.